The van der Waals surface area contributed by atoms with Gasteiger partial charge in [-0.2, -0.15) is 0 Å². The van der Waals surface area contributed by atoms with Crippen LogP contribution in [0.5, 0.6) is 0 Å². The second-order valence-electron chi connectivity index (χ2n) is 9.43. The first-order valence-corrected chi connectivity index (χ1v) is 12.5. The Morgan fingerprint density at radius 2 is 1.62 bits per heavy atom. The van der Waals surface area contributed by atoms with E-state index in [0.717, 1.165) is 35.6 Å². The SMILES string of the molecule is CN(C)CCN(C)CC(=O)N(C)c1ccc(NC(=C2C(=O)Nc3cc(Cl)ccc32)c2ccccc2)cc1. The minimum absolute atomic E-state index is 0.0203. The Balaban J connectivity index is 1.57. The number of rotatable bonds is 9. The summed E-state index contributed by atoms with van der Waals surface area (Å²) in [7, 11) is 7.77. The second kappa shape index (κ2) is 11.6. The Labute approximate surface area is 223 Å². The first-order chi connectivity index (χ1) is 17.7. The van der Waals surface area contributed by atoms with Crippen molar-refractivity contribution in [2.45, 2.75) is 0 Å². The largest absolute Gasteiger partial charge is 0.354 e. The minimum Gasteiger partial charge on any atom is -0.354 e. The van der Waals surface area contributed by atoms with E-state index in [0.29, 0.717) is 28.5 Å². The van der Waals surface area contributed by atoms with E-state index < -0.39 is 0 Å². The van der Waals surface area contributed by atoms with Crippen molar-refractivity contribution in [2.75, 3.05) is 63.4 Å². The van der Waals surface area contributed by atoms with Crippen molar-refractivity contribution in [1.29, 1.82) is 0 Å². The van der Waals surface area contributed by atoms with Crippen LogP contribution in [0.4, 0.5) is 17.1 Å². The molecule has 37 heavy (non-hydrogen) atoms. The summed E-state index contributed by atoms with van der Waals surface area (Å²) in [4.78, 5) is 31.6. The fourth-order valence-electron chi connectivity index (χ4n) is 4.12. The molecule has 1 heterocycles. The normalized spacial score (nSPS) is 14.0. The van der Waals surface area contributed by atoms with E-state index >= 15 is 0 Å². The number of carbonyl (C=O) groups excluding carboxylic acids is 2. The number of nitrogens with zero attached hydrogens (tertiary/aromatic N) is 3. The van der Waals surface area contributed by atoms with E-state index in [9.17, 15) is 9.59 Å². The fourth-order valence-corrected chi connectivity index (χ4v) is 4.29. The smallest absolute Gasteiger partial charge is 0.258 e. The molecule has 1 aliphatic heterocycles. The maximum atomic E-state index is 13.0. The van der Waals surface area contributed by atoms with Gasteiger partial charge in [0.25, 0.3) is 5.91 Å². The standard InChI is InChI=1S/C29H32ClN5O2/c1-33(2)16-17-34(3)19-26(36)35(4)23-13-11-22(12-14-23)31-28(20-8-6-5-7-9-20)27-24-15-10-21(30)18-25(24)32-29(27)37/h5-15,18,31H,16-17,19H2,1-4H3,(H,32,37). The molecular weight excluding hydrogens is 486 g/mol. The molecule has 4 rings (SSSR count). The fraction of sp³-hybridized carbons (Fsp3) is 0.241. The summed E-state index contributed by atoms with van der Waals surface area (Å²) >= 11 is 6.15. The molecule has 0 radical (unpaired) electrons. The van der Waals surface area contributed by atoms with Gasteiger partial charge in [-0.05, 0) is 63.1 Å². The molecule has 0 unspecified atom stereocenters. The Morgan fingerprint density at radius 1 is 0.919 bits per heavy atom. The number of benzene rings is 3. The van der Waals surface area contributed by atoms with E-state index in [4.69, 9.17) is 11.6 Å². The van der Waals surface area contributed by atoms with Gasteiger partial charge in [0.05, 0.1) is 23.5 Å². The van der Waals surface area contributed by atoms with Gasteiger partial charge in [-0.3, -0.25) is 14.5 Å². The lowest BCUT2D eigenvalue weighted by molar-refractivity contribution is -0.119. The van der Waals surface area contributed by atoms with Crippen LogP contribution in [0.25, 0.3) is 11.3 Å². The van der Waals surface area contributed by atoms with Crippen molar-refractivity contribution in [2.24, 2.45) is 0 Å². The first-order valence-electron chi connectivity index (χ1n) is 12.1. The lowest BCUT2D eigenvalue weighted by atomic mass is 10.00. The predicted octanol–water partition coefficient (Wildman–Crippen LogP) is 4.73. The highest BCUT2D eigenvalue weighted by Gasteiger charge is 2.28. The Morgan fingerprint density at radius 3 is 2.30 bits per heavy atom. The van der Waals surface area contributed by atoms with Crippen LogP contribution in [0.2, 0.25) is 5.02 Å². The molecule has 8 heteroatoms. The van der Waals surface area contributed by atoms with E-state index in [1.807, 2.05) is 86.7 Å². The van der Waals surface area contributed by atoms with Crippen LogP contribution in [0.1, 0.15) is 11.1 Å². The van der Waals surface area contributed by atoms with Crippen LogP contribution in [-0.2, 0) is 9.59 Å². The van der Waals surface area contributed by atoms with Crippen LogP contribution in [0, 0.1) is 0 Å². The number of fused-ring (bicyclic) bond motifs is 1. The average Bonchev–Trinajstić information content (AvgIpc) is 3.20. The molecule has 192 valence electrons. The monoisotopic (exact) mass is 517 g/mol. The zero-order chi connectivity index (χ0) is 26.5. The summed E-state index contributed by atoms with van der Waals surface area (Å²) in [5.74, 6) is -0.170. The van der Waals surface area contributed by atoms with Gasteiger partial charge in [0.1, 0.15) is 0 Å². The molecule has 3 aromatic carbocycles. The highest BCUT2D eigenvalue weighted by Crippen LogP contribution is 2.38. The zero-order valence-corrected chi connectivity index (χ0v) is 22.3. The number of likely N-dealkylation sites (N-methyl/N-ethyl adjacent to an activating group) is 3. The van der Waals surface area contributed by atoms with Gasteiger partial charge in [0.2, 0.25) is 5.91 Å². The van der Waals surface area contributed by atoms with Crippen molar-refractivity contribution in [1.82, 2.24) is 9.80 Å². The summed E-state index contributed by atoms with van der Waals surface area (Å²) < 4.78 is 0. The lowest BCUT2D eigenvalue weighted by Gasteiger charge is -2.23. The molecule has 1 aliphatic rings. The van der Waals surface area contributed by atoms with E-state index in [1.165, 1.54) is 0 Å². The quantitative estimate of drug-likeness (QED) is 0.402. The van der Waals surface area contributed by atoms with E-state index in [-0.39, 0.29) is 11.8 Å². The Kier molecular flexibility index (Phi) is 8.28. The van der Waals surface area contributed by atoms with Crippen molar-refractivity contribution in [3.05, 3.63) is 88.9 Å². The van der Waals surface area contributed by atoms with E-state index in [1.54, 1.807) is 24.1 Å². The first kappa shape index (κ1) is 26.4. The van der Waals surface area contributed by atoms with Crippen molar-refractivity contribution in [3.8, 4) is 0 Å². The van der Waals surface area contributed by atoms with Gasteiger partial charge >= 0.3 is 0 Å². The Bertz CT molecular complexity index is 1310. The maximum absolute atomic E-state index is 13.0. The number of anilines is 3. The molecule has 7 nitrogen and oxygen atoms in total. The number of nitrogens with one attached hydrogen (secondary N) is 2. The molecule has 0 bridgehead atoms. The van der Waals surface area contributed by atoms with Crippen LogP contribution in [-0.4, -0.2) is 69.4 Å². The predicted molar refractivity (Wildman–Crippen MR) is 153 cm³/mol. The average molecular weight is 518 g/mol. The lowest BCUT2D eigenvalue weighted by Crippen LogP contribution is -2.39. The number of amides is 2. The Hall–Kier alpha value is -3.65. The zero-order valence-electron chi connectivity index (χ0n) is 21.6. The van der Waals surface area contributed by atoms with Crippen LogP contribution < -0.4 is 15.5 Å². The molecule has 0 fully saturated rings. The molecule has 0 saturated carbocycles. The number of hydrogen-bond acceptors (Lipinski definition) is 5. The van der Waals surface area contributed by atoms with Crippen LogP contribution in [0.15, 0.2) is 72.8 Å². The highest BCUT2D eigenvalue weighted by molar-refractivity contribution is 6.38. The van der Waals surface area contributed by atoms with Crippen LogP contribution >= 0.6 is 11.6 Å². The van der Waals surface area contributed by atoms with Crippen molar-refractivity contribution < 1.29 is 9.59 Å². The molecule has 0 spiro atoms. The molecule has 2 amide bonds. The summed E-state index contributed by atoms with van der Waals surface area (Å²) in [5.41, 5.74) is 5.20. The van der Waals surface area contributed by atoms with Crippen LogP contribution in [0.3, 0.4) is 0 Å². The number of carbonyl (C=O) groups is 2. The summed E-state index contributed by atoms with van der Waals surface area (Å²) in [6.07, 6.45) is 0. The molecule has 3 aromatic rings. The maximum Gasteiger partial charge on any atom is 0.258 e. The number of halogens is 1. The highest BCUT2D eigenvalue weighted by atomic mass is 35.5. The van der Waals surface area contributed by atoms with Crippen molar-refractivity contribution >= 4 is 51.7 Å². The second-order valence-corrected chi connectivity index (χ2v) is 9.86. The topological polar surface area (TPSA) is 67.9 Å². The van der Waals surface area contributed by atoms with Gasteiger partial charge in [0, 0.05) is 42.1 Å². The van der Waals surface area contributed by atoms with Gasteiger partial charge in [0.15, 0.2) is 0 Å². The van der Waals surface area contributed by atoms with Gasteiger partial charge < -0.3 is 20.4 Å². The van der Waals surface area contributed by atoms with Gasteiger partial charge in [-0.1, -0.05) is 48.0 Å². The van der Waals surface area contributed by atoms with Gasteiger partial charge in [-0.15, -0.1) is 0 Å². The third kappa shape index (κ3) is 6.38. The molecular formula is C29H32ClN5O2. The summed E-state index contributed by atoms with van der Waals surface area (Å²) in [6.45, 7) is 2.05. The molecule has 2 N–H and O–H groups in total. The molecule has 0 aliphatic carbocycles. The van der Waals surface area contributed by atoms with Crippen molar-refractivity contribution in [3.63, 3.8) is 0 Å². The summed E-state index contributed by atoms with van der Waals surface area (Å²) in [5, 5.41) is 6.93. The van der Waals surface area contributed by atoms with E-state index in [2.05, 4.69) is 15.5 Å². The molecule has 0 aromatic heterocycles. The minimum atomic E-state index is -0.191. The summed E-state index contributed by atoms with van der Waals surface area (Å²) in [6, 6.07) is 22.7. The van der Waals surface area contributed by atoms with Gasteiger partial charge in [-0.25, -0.2) is 0 Å². The molecule has 0 atom stereocenters. The molecule has 0 saturated heterocycles. The third-order valence-electron chi connectivity index (χ3n) is 6.27. The third-order valence-corrected chi connectivity index (χ3v) is 6.51. The number of hydrogen-bond donors (Lipinski definition) is 2.